The summed E-state index contributed by atoms with van der Waals surface area (Å²) in [5.41, 5.74) is 15.8. The summed E-state index contributed by atoms with van der Waals surface area (Å²) in [5.74, 6) is 0. The minimum atomic E-state index is 0. The Labute approximate surface area is 497 Å². The smallest absolute Gasteiger partial charge is 1.00 e. The number of benzene rings is 8. The Hall–Kier alpha value is -5.02. The molecule has 6 heteroatoms. The van der Waals surface area contributed by atoms with Gasteiger partial charge in [0.05, 0.1) is 0 Å². The van der Waals surface area contributed by atoms with Crippen LogP contribution in [0.4, 0.5) is 0 Å². The first kappa shape index (κ1) is 63.3. The van der Waals surface area contributed by atoms with Gasteiger partial charge in [0.25, 0.3) is 0 Å². The van der Waals surface area contributed by atoms with Gasteiger partial charge in [-0.15, -0.1) is 138 Å². The van der Waals surface area contributed by atoms with Crippen molar-refractivity contribution >= 4 is 62.1 Å². The monoisotopic (exact) mass is 1190 g/mol. The van der Waals surface area contributed by atoms with Crippen LogP contribution in [0.1, 0.15) is 22.3 Å². The Morgan fingerprint density at radius 2 is 0.432 bits per heavy atom. The summed E-state index contributed by atoms with van der Waals surface area (Å²) in [4.78, 5) is 0. The van der Waals surface area contributed by atoms with Gasteiger partial charge >= 0.3 is 52.4 Å². The van der Waals surface area contributed by atoms with Gasteiger partial charge in [0.15, 0.2) is 0 Å². The molecular formula is C68H66Cl2Si2Zr2. The molecule has 0 atom stereocenters. The van der Waals surface area contributed by atoms with Crippen LogP contribution in [0.5, 0.6) is 0 Å². The summed E-state index contributed by atoms with van der Waals surface area (Å²) in [5, 5.41) is 10.7. The summed E-state index contributed by atoms with van der Waals surface area (Å²) >= 11 is 0. The van der Waals surface area contributed by atoms with Crippen LogP contribution >= 0.6 is 0 Å². The minimum absolute atomic E-state index is 0. The fourth-order valence-electron chi connectivity index (χ4n) is 9.02. The first-order valence-corrected chi connectivity index (χ1v) is 29.2. The molecule has 0 spiro atoms. The van der Waals surface area contributed by atoms with E-state index < -0.39 is 0 Å². The molecule has 0 aromatic heterocycles. The Balaban J connectivity index is 0.000000247. The minimum Gasteiger partial charge on any atom is -1.00 e. The van der Waals surface area contributed by atoms with Gasteiger partial charge in [-0.1, -0.05) is 222 Å². The Morgan fingerprint density at radius 3 is 0.608 bits per heavy atom. The van der Waals surface area contributed by atoms with Crippen molar-refractivity contribution in [3.8, 4) is 44.5 Å². The molecule has 0 N–H and O–H groups in total. The predicted molar refractivity (Wildman–Crippen MR) is 317 cm³/mol. The molecule has 12 rings (SSSR count). The summed E-state index contributed by atoms with van der Waals surface area (Å²) in [6.07, 6.45) is 0. The molecular weight excluding hydrogens is 1130 g/mol. The Kier molecular flexibility index (Phi) is 27.7. The molecule has 0 aliphatic rings. The number of hydrogen-bond acceptors (Lipinski definition) is 0. The standard InChI is InChI=1S/4C16H13.2C2H7Si.2ClH.2Zr/c4*1-12-10-14-8-5-9-15(16(14)11-12)13-6-3-2-4-7-13;2*1-3-2;;;;/h4*2-11H,1H3;2*3H,1-2H3;2*1H;;/q4*-1;;;;;2*+3/p-2. The van der Waals surface area contributed by atoms with E-state index >= 15 is 0 Å². The maximum Gasteiger partial charge on any atom is 3.00 e. The van der Waals surface area contributed by atoms with Crippen LogP contribution in [-0.2, 0) is 52.4 Å². The van der Waals surface area contributed by atoms with Crippen molar-refractivity contribution in [3.05, 3.63) is 265 Å². The molecule has 74 heavy (non-hydrogen) atoms. The van der Waals surface area contributed by atoms with Crippen LogP contribution in [0.25, 0.3) is 87.6 Å². The molecule has 0 saturated heterocycles. The normalized spacial score (nSPS) is 9.84. The third-order valence-corrected chi connectivity index (χ3v) is 11.9. The van der Waals surface area contributed by atoms with Gasteiger partial charge in [0.1, 0.15) is 0 Å². The molecule has 0 saturated carbocycles. The number of hydrogen-bond donors (Lipinski definition) is 0. The molecule has 0 amide bonds. The molecule has 0 heterocycles. The van der Waals surface area contributed by atoms with Gasteiger partial charge in [0, 0.05) is 19.0 Å². The molecule has 12 aromatic carbocycles. The second-order valence-electron chi connectivity index (χ2n) is 18.0. The van der Waals surface area contributed by atoms with Crippen LogP contribution < -0.4 is 24.8 Å². The number of fused-ring (bicyclic) bond motifs is 4. The van der Waals surface area contributed by atoms with E-state index in [2.05, 4.69) is 297 Å². The first-order chi connectivity index (χ1) is 34.2. The second-order valence-corrected chi connectivity index (χ2v) is 20.3. The third-order valence-electron chi connectivity index (χ3n) is 11.9. The topological polar surface area (TPSA) is 0 Å². The first-order valence-electron chi connectivity index (χ1n) is 24.5. The van der Waals surface area contributed by atoms with E-state index in [4.69, 9.17) is 0 Å². The SMILES string of the molecule is C[SiH]C.C[SiH]C.Cc1cc2c(-c3ccccc3)cccc2[cH-]1.Cc1cc2c(-c3ccccc3)cccc2[cH-]1.Cc1cc2c(-c3ccccc3)cccc2[cH-]1.Cc1cc2c(-c3ccccc3)cccc2[cH-]1.[Cl-].[Cl-].[Zr+3].[Zr+3]. The van der Waals surface area contributed by atoms with Crippen molar-refractivity contribution in [3.63, 3.8) is 0 Å². The molecule has 12 aromatic rings. The molecule has 0 nitrogen and oxygen atoms in total. The van der Waals surface area contributed by atoms with Crippen molar-refractivity contribution in [2.75, 3.05) is 0 Å². The van der Waals surface area contributed by atoms with Gasteiger partial charge in [-0.25, -0.2) is 0 Å². The van der Waals surface area contributed by atoms with E-state index in [0.29, 0.717) is 0 Å². The summed E-state index contributed by atoms with van der Waals surface area (Å²) in [7, 11) is 1.50. The molecule has 0 fully saturated rings. The molecule has 0 aliphatic carbocycles. The number of rotatable bonds is 4. The van der Waals surface area contributed by atoms with Gasteiger partial charge in [0.2, 0.25) is 0 Å². The molecule has 0 unspecified atom stereocenters. The van der Waals surface area contributed by atoms with Gasteiger partial charge in [-0.3, -0.25) is 0 Å². The number of aryl methyl sites for hydroxylation is 4. The van der Waals surface area contributed by atoms with E-state index in [1.807, 2.05) is 0 Å². The largest absolute Gasteiger partial charge is 3.00 e. The van der Waals surface area contributed by atoms with Crippen molar-refractivity contribution in [1.82, 2.24) is 0 Å². The van der Waals surface area contributed by atoms with E-state index in [1.165, 1.54) is 110 Å². The predicted octanol–water partition coefficient (Wildman–Crippen LogP) is 13.2. The maximum atomic E-state index is 2.26. The van der Waals surface area contributed by atoms with Gasteiger partial charge < -0.3 is 24.8 Å². The summed E-state index contributed by atoms with van der Waals surface area (Å²) < 4.78 is 0. The van der Waals surface area contributed by atoms with Crippen LogP contribution in [0.2, 0.25) is 26.2 Å². The third kappa shape index (κ3) is 17.0. The zero-order valence-electron chi connectivity index (χ0n) is 44.0. The van der Waals surface area contributed by atoms with Crippen molar-refractivity contribution in [2.45, 2.75) is 53.9 Å². The van der Waals surface area contributed by atoms with Crippen LogP contribution in [0, 0.1) is 27.7 Å². The number of halogens is 2. The second kappa shape index (κ2) is 32.4. The van der Waals surface area contributed by atoms with E-state index in [1.54, 1.807) is 0 Å². The zero-order valence-corrected chi connectivity index (χ0v) is 52.7. The molecule has 4 radical (unpaired) electrons. The Bertz CT molecular complexity index is 3000. The molecule has 0 bridgehead atoms. The van der Waals surface area contributed by atoms with Crippen LogP contribution in [0.15, 0.2) is 243 Å². The zero-order chi connectivity index (χ0) is 49.2. The Morgan fingerprint density at radius 1 is 0.257 bits per heavy atom. The van der Waals surface area contributed by atoms with Gasteiger partial charge in [-0.2, -0.15) is 24.3 Å². The fourth-order valence-corrected chi connectivity index (χ4v) is 9.02. The summed E-state index contributed by atoms with van der Waals surface area (Å²) in [6.45, 7) is 17.4. The van der Waals surface area contributed by atoms with Crippen molar-refractivity contribution in [1.29, 1.82) is 0 Å². The molecule has 368 valence electrons. The average Bonchev–Trinajstić information content (AvgIpc) is 4.18. The van der Waals surface area contributed by atoms with Crippen molar-refractivity contribution < 1.29 is 77.2 Å². The van der Waals surface area contributed by atoms with Crippen LogP contribution in [-0.4, -0.2) is 19.0 Å². The van der Waals surface area contributed by atoms with Crippen LogP contribution in [0.3, 0.4) is 0 Å². The van der Waals surface area contributed by atoms with Crippen molar-refractivity contribution in [2.24, 2.45) is 0 Å². The van der Waals surface area contributed by atoms with E-state index in [-0.39, 0.29) is 77.2 Å². The maximum absolute atomic E-state index is 2.26. The quantitative estimate of drug-likeness (QED) is 0.122. The van der Waals surface area contributed by atoms with E-state index in [0.717, 1.165) is 19.0 Å². The fraction of sp³-hybridized carbons (Fsp3) is 0.118. The van der Waals surface area contributed by atoms with E-state index in [9.17, 15) is 0 Å². The average molecular weight is 1190 g/mol. The summed E-state index contributed by atoms with van der Waals surface area (Å²) in [6, 6.07) is 86.2. The van der Waals surface area contributed by atoms with Gasteiger partial charge in [-0.05, 0) is 22.3 Å². The molecule has 0 aliphatic heterocycles.